The summed E-state index contributed by atoms with van der Waals surface area (Å²) in [6.07, 6.45) is 0. The first-order chi connectivity index (χ1) is 11.6. The quantitative estimate of drug-likeness (QED) is 0.700. The van der Waals surface area contributed by atoms with E-state index in [2.05, 4.69) is 15.3 Å². The third-order valence-electron chi connectivity index (χ3n) is 3.58. The molecule has 0 radical (unpaired) electrons. The molecule has 0 saturated heterocycles. The Morgan fingerprint density at radius 2 is 1.71 bits per heavy atom. The van der Waals surface area contributed by atoms with Gasteiger partial charge in [-0.05, 0) is 42.5 Å². The standard InChI is InChI=1S/C16H11FN4O2S/c17-11-4-1-9(2-5-11)15-18-19-16-21(15)20-12(8-24-16)10-3-6-13(22)14(23)7-10/h1-7,22-23H,8H2. The van der Waals surface area contributed by atoms with Gasteiger partial charge in [0.15, 0.2) is 17.3 Å². The Hall–Kier alpha value is -2.87. The lowest BCUT2D eigenvalue weighted by Crippen LogP contribution is -2.13. The third kappa shape index (κ3) is 2.50. The number of aromatic hydroxyl groups is 2. The van der Waals surface area contributed by atoms with Crippen LogP contribution >= 0.6 is 11.8 Å². The van der Waals surface area contributed by atoms with Crippen LogP contribution < -0.4 is 0 Å². The molecule has 1 aliphatic heterocycles. The van der Waals surface area contributed by atoms with Gasteiger partial charge in [0.2, 0.25) is 5.16 Å². The number of hydrogen-bond acceptors (Lipinski definition) is 6. The molecule has 2 N–H and O–H groups in total. The van der Waals surface area contributed by atoms with Crippen LogP contribution in [-0.2, 0) is 0 Å². The van der Waals surface area contributed by atoms with Crippen molar-refractivity contribution in [1.29, 1.82) is 0 Å². The smallest absolute Gasteiger partial charge is 0.212 e. The molecule has 0 fully saturated rings. The van der Waals surface area contributed by atoms with E-state index in [-0.39, 0.29) is 17.3 Å². The summed E-state index contributed by atoms with van der Waals surface area (Å²) in [4.78, 5) is 0. The molecule has 0 saturated carbocycles. The number of phenolic OH excluding ortho intramolecular Hbond substituents is 2. The van der Waals surface area contributed by atoms with Crippen LogP contribution in [0.1, 0.15) is 5.56 Å². The highest BCUT2D eigenvalue weighted by molar-refractivity contribution is 7.99. The van der Waals surface area contributed by atoms with E-state index in [1.165, 1.54) is 36.0 Å². The van der Waals surface area contributed by atoms with Crippen LogP contribution in [0, 0.1) is 5.82 Å². The van der Waals surface area contributed by atoms with E-state index in [4.69, 9.17) is 0 Å². The third-order valence-corrected chi connectivity index (χ3v) is 4.51. The highest BCUT2D eigenvalue weighted by Crippen LogP contribution is 2.31. The summed E-state index contributed by atoms with van der Waals surface area (Å²) in [7, 11) is 0. The fourth-order valence-electron chi connectivity index (χ4n) is 2.35. The highest BCUT2D eigenvalue weighted by Gasteiger charge is 2.21. The molecule has 2 aromatic carbocycles. The van der Waals surface area contributed by atoms with Crippen molar-refractivity contribution in [3.63, 3.8) is 0 Å². The highest BCUT2D eigenvalue weighted by atomic mass is 32.2. The van der Waals surface area contributed by atoms with Gasteiger partial charge >= 0.3 is 0 Å². The molecule has 1 aliphatic rings. The molecule has 0 amide bonds. The zero-order valence-electron chi connectivity index (χ0n) is 12.2. The van der Waals surface area contributed by atoms with Crippen LogP contribution in [0.15, 0.2) is 52.7 Å². The average Bonchev–Trinajstić information content (AvgIpc) is 3.01. The maximum atomic E-state index is 13.1. The van der Waals surface area contributed by atoms with Crippen molar-refractivity contribution in [3.05, 3.63) is 53.8 Å². The Morgan fingerprint density at radius 3 is 2.46 bits per heavy atom. The number of rotatable bonds is 2. The lowest BCUT2D eigenvalue weighted by Gasteiger charge is -2.14. The minimum Gasteiger partial charge on any atom is -0.504 e. The summed E-state index contributed by atoms with van der Waals surface area (Å²) in [5.41, 5.74) is 2.11. The van der Waals surface area contributed by atoms with Gasteiger partial charge in [0.1, 0.15) is 5.82 Å². The molecule has 3 aromatic rings. The summed E-state index contributed by atoms with van der Waals surface area (Å²) >= 11 is 1.46. The number of nitrogens with zero attached hydrogens (tertiary/aromatic N) is 4. The molecule has 4 rings (SSSR count). The van der Waals surface area contributed by atoms with Crippen LogP contribution in [0.4, 0.5) is 4.39 Å². The monoisotopic (exact) mass is 342 g/mol. The van der Waals surface area contributed by atoms with Crippen LogP contribution in [0.2, 0.25) is 0 Å². The van der Waals surface area contributed by atoms with Crippen molar-refractivity contribution in [2.75, 3.05) is 5.75 Å². The van der Waals surface area contributed by atoms with Crippen LogP contribution in [0.3, 0.4) is 0 Å². The molecule has 0 atom stereocenters. The van der Waals surface area contributed by atoms with E-state index in [1.54, 1.807) is 22.9 Å². The first kappa shape index (κ1) is 14.7. The SMILES string of the molecule is Oc1ccc(C2=Nn3c(nnc3-c3ccc(F)cc3)SC2)cc1O. The van der Waals surface area contributed by atoms with Crippen molar-refractivity contribution >= 4 is 17.5 Å². The molecule has 8 heteroatoms. The summed E-state index contributed by atoms with van der Waals surface area (Å²) in [5.74, 6) is 0.368. The Kier molecular flexibility index (Phi) is 3.46. The van der Waals surface area contributed by atoms with Gasteiger partial charge in [-0.3, -0.25) is 0 Å². The molecule has 2 heterocycles. The Bertz CT molecular complexity index is 953. The van der Waals surface area contributed by atoms with Gasteiger partial charge in [0.05, 0.1) is 5.71 Å². The predicted octanol–water partition coefficient (Wildman–Crippen LogP) is 2.85. The van der Waals surface area contributed by atoms with Gasteiger partial charge in [-0.1, -0.05) is 11.8 Å². The van der Waals surface area contributed by atoms with Crippen molar-refractivity contribution in [2.24, 2.45) is 5.10 Å². The van der Waals surface area contributed by atoms with E-state index in [0.717, 1.165) is 0 Å². The number of benzene rings is 2. The Labute approximate surface area is 140 Å². The topological polar surface area (TPSA) is 83.5 Å². The fourth-order valence-corrected chi connectivity index (χ4v) is 3.19. The summed E-state index contributed by atoms with van der Waals surface area (Å²) in [6.45, 7) is 0. The number of halogens is 1. The van der Waals surface area contributed by atoms with Gasteiger partial charge in [-0.2, -0.15) is 9.78 Å². The van der Waals surface area contributed by atoms with E-state index >= 15 is 0 Å². The van der Waals surface area contributed by atoms with Crippen LogP contribution in [-0.4, -0.2) is 36.6 Å². The lowest BCUT2D eigenvalue weighted by atomic mass is 10.1. The molecular weight excluding hydrogens is 331 g/mol. The fraction of sp³-hybridized carbons (Fsp3) is 0.0625. The first-order valence-corrected chi connectivity index (χ1v) is 8.05. The predicted molar refractivity (Wildman–Crippen MR) is 87.8 cm³/mol. The number of phenols is 2. The van der Waals surface area contributed by atoms with E-state index < -0.39 is 0 Å². The molecule has 0 bridgehead atoms. The summed E-state index contributed by atoms with van der Waals surface area (Å²) in [5, 5.41) is 32.5. The maximum absolute atomic E-state index is 13.1. The van der Waals surface area contributed by atoms with Gasteiger partial charge in [0, 0.05) is 16.9 Å². The van der Waals surface area contributed by atoms with Gasteiger partial charge in [-0.15, -0.1) is 10.2 Å². The summed E-state index contributed by atoms with van der Waals surface area (Å²) in [6, 6.07) is 10.5. The molecule has 1 aromatic heterocycles. The van der Waals surface area contributed by atoms with Gasteiger partial charge in [-0.25, -0.2) is 4.39 Å². The minimum atomic E-state index is -0.324. The van der Waals surface area contributed by atoms with Gasteiger partial charge in [0.25, 0.3) is 0 Å². The molecule has 0 unspecified atom stereocenters. The van der Waals surface area contributed by atoms with Crippen LogP contribution in [0.25, 0.3) is 11.4 Å². The molecule has 6 nitrogen and oxygen atoms in total. The van der Waals surface area contributed by atoms with E-state index in [0.29, 0.717) is 33.6 Å². The van der Waals surface area contributed by atoms with Crippen molar-refractivity contribution in [3.8, 4) is 22.9 Å². The van der Waals surface area contributed by atoms with E-state index in [9.17, 15) is 14.6 Å². The van der Waals surface area contributed by atoms with Crippen molar-refractivity contribution in [1.82, 2.24) is 14.9 Å². The zero-order valence-corrected chi connectivity index (χ0v) is 13.0. The number of thioether (sulfide) groups is 1. The molecular formula is C16H11FN4O2S. The molecule has 24 heavy (non-hydrogen) atoms. The largest absolute Gasteiger partial charge is 0.504 e. The van der Waals surface area contributed by atoms with Crippen molar-refractivity contribution in [2.45, 2.75) is 5.16 Å². The van der Waals surface area contributed by atoms with Crippen molar-refractivity contribution < 1.29 is 14.6 Å². The zero-order chi connectivity index (χ0) is 16.7. The minimum absolute atomic E-state index is 0.181. The lowest BCUT2D eigenvalue weighted by molar-refractivity contribution is 0.403. The number of hydrogen-bond donors (Lipinski definition) is 2. The Morgan fingerprint density at radius 1 is 0.958 bits per heavy atom. The number of fused-ring (bicyclic) bond motifs is 1. The average molecular weight is 342 g/mol. The Balaban J connectivity index is 1.78. The van der Waals surface area contributed by atoms with E-state index in [1.807, 2.05) is 0 Å². The second-order valence-electron chi connectivity index (χ2n) is 5.16. The normalized spacial score (nSPS) is 13.5. The number of aromatic nitrogens is 3. The molecule has 120 valence electrons. The first-order valence-electron chi connectivity index (χ1n) is 7.06. The second-order valence-corrected chi connectivity index (χ2v) is 6.11. The second kappa shape index (κ2) is 5.64. The molecule has 0 aliphatic carbocycles. The maximum Gasteiger partial charge on any atom is 0.212 e. The van der Waals surface area contributed by atoms with Crippen LogP contribution in [0.5, 0.6) is 11.5 Å². The summed E-state index contributed by atoms with van der Waals surface area (Å²) < 4.78 is 14.7. The van der Waals surface area contributed by atoms with Gasteiger partial charge < -0.3 is 10.2 Å². The molecule has 0 spiro atoms.